The van der Waals surface area contributed by atoms with Crippen molar-refractivity contribution in [2.45, 2.75) is 0 Å². The van der Waals surface area contributed by atoms with Gasteiger partial charge in [-0.2, -0.15) is 0 Å². The third-order valence-corrected chi connectivity index (χ3v) is 1.77. The molecule has 0 unspecified atom stereocenters. The largest absolute Gasteiger partial charge is 0.507 e. The van der Waals surface area contributed by atoms with Crippen LogP contribution in [-0.4, -0.2) is 19.3 Å². The molecule has 0 saturated carbocycles. The van der Waals surface area contributed by atoms with Crippen molar-refractivity contribution in [1.82, 2.24) is 0 Å². The van der Waals surface area contributed by atoms with Crippen molar-refractivity contribution in [1.29, 1.82) is 0 Å². The van der Waals surface area contributed by atoms with E-state index in [1.54, 1.807) is 19.2 Å². The molecule has 3 nitrogen and oxygen atoms in total. The molecule has 1 aromatic carbocycles. The van der Waals surface area contributed by atoms with E-state index >= 15 is 0 Å². The van der Waals surface area contributed by atoms with Crippen LogP contribution in [0.15, 0.2) is 18.7 Å². The van der Waals surface area contributed by atoms with Gasteiger partial charge in [-0.25, -0.2) is 0 Å². The van der Waals surface area contributed by atoms with Crippen molar-refractivity contribution in [2.75, 3.05) is 14.2 Å². The minimum atomic E-state index is 0.132. The van der Waals surface area contributed by atoms with Gasteiger partial charge >= 0.3 is 0 Å². The number of hydrogen-bond acceptors (Lipinski definition) is 3. The summed E-state index contributed by atoms with van der Waals surface area (Å²) >= 11 is 0. The van der Waals surface area contributed by atoms with E-state index in [0.717, 1.165) is 0 Å². The molecule has 0 aliphatic rings. The number of hydrogen-bond donors (Lipinski definition) is 1. The fourth-order valence-corrected chi connectivity index (χ4v) is 1.14. The predicted octanol–water partition coefficient (Wildman–Crippen LogP) is 2.05. The Kier molecular flexibility index (Phi) is 2.80. The van der Waals surface area contributed by atoms with Crippen molar-refractivity contribution >= 4 is 6.08 Å². The maximum atomic E-state index is 9.44. The maximum absolute atomic E-state index is 9.44. The third-order valence-electron chi connectivity index (χ3n) is 1.77. The first kappa shape index (κ1) is 9.45. The second-order valence-electron chi connectivity index (χ2n) is 2.44. The van der Waals surface area contributed by atoms with Crippen LogP contribution in [-0.2, 0) is 0 Å². The zero-order valence-corrected chi connectivity index (χ0v) is 7.70. The Bertz CT molecular complexity index is 318. The van der Waals surface area contributed by atoms with Crippen LogP contribution in [0.5, 0.6) is 17.2 Å². The van der Waals surface area contributed by atoms with Crippen molar-refractivity contribution in [3.8, 4) is 17.2 Å². The van der Waals surface area contributed by atoms with E-state index in [-0.39, 0.29) is 5.75 Å². The summed E-state index contributed by atoms with van der Waals surface area (Å²) in [6.45, 7) is 3.58. The van der Waals surface area contributed by atoms with E-state index in [1.807, 2.05) is 0 Å². The summed E-state index contributed by atoms with van der Waals surface area (Å²) in [7, 11) is 3.06. The standard InChI is InChI=1S/C10H12O3/c1-4-7-8(11)5-6-9(12-2)10(7)13-3/h4-6,11H,1H2,2-3H3. The Balaban J connectivity index is 3.36. The molecule has 13 heavy (non-hydrogen) atoms. The van der Waals surface area contributed by atoms with Crippen LogP contribution in [0, 0.1) is 0 Å². The monoisotopic (exact) mass is 180 g/mol. The van der Waals surface area contributed by atoms with Gasteiger partial charge in [0.05, 0.1) is 19.8 Å². The molecular weight excluding hydrogens is 168 g/mol. The normalized spacial score (nSPS) is 9.38. The quantitative estimate of drug-likeness (QED) is 0.773. The summed E-state index contributed by atoms with van der Waals surface area (Å²) < 4.78 is 10.1. The SMILES string of the molecule is C=Cc1c(O)ccc(OC)c1OC. The van der Waals surface area contributed by atoms with Crippen LogP contribution in [0.1, 0.15) is 5.56 Å². The molecule has 0 heterocycles. The Morgan fingerprint density at radius 2 is 2.00 bits per heavy atom. The summed E-state index contributed by atoms with van der Waals surface area (Å²) in [5.41, 5.74) is 0.543. The Morgan fingerprint density at radius 3 is 2.46 bits per heavy atom. The van der Waals surface area contributed by atoms with Crippen LogP contribution < -0.4 is 9.47 Å². The van der Waals surface area contributed by atoms with E-state index < -0.39 is 0 Å². The van der Waals surface area contributed by atoms with E-state index in [0.29, 0.717) is 17.1 Å². The topological polar surface area (TPSA) is 38.7 Å². The van der Waals surface area contributed by atoms with Crippen LogP contribution in [0.4, 0.5) is 0 Å². The van der Waals surface area contributed by atoms with Gasteiger partial charge in [0, 0.05) is 0 Å². The van der Waals surface area contributed by atoms with E-state index in [9.17, 15) is 5.11 Å². The first-order valence-corrected chi connectivity index (χ1v) is 3.81. The number of phenols is 1. The lowest BCUT2D eigenvalue weighted by atomic mass is 10.1. The molecule has 0 radical (unpaired) electrons. The molecule has 0 aliphatic carbocycles. The van der Waals surface area contributed by atoms with Crippen molar-refractivity contribution < 1.29 is 14.6 Å². The van der Waals surface area contributed by atoms with E-state index in [4.69, 9.17) is 9.47 Å². The maximum Gasteiger partial charge on any atom is 0.171 e. The molecule has 1 aromatic rings. The van der Waals surface area contributed by atoms with Crippen LogP contribution >= 0.6 is 0 Å². The minimum Gasteiger partial charge on any atom is -0.507 e. The Labute approximate surface area is 77.2 Å². The molecule has 0 aliphatic heterocycles. The number of ether oxygens (including phenoxy) is 2. The zero-order chi connectivity index (χ0) is 9.84. The molecule has 0 amide bonds. The highest BCUT2D eigenvalue weighted by atomic mass is 16.5. The number of aromatic hydroxyl groups is 1. The van der Waals surface area contributed by atoms with Gasteiger partial charge in [0.25, 0.3) is 0 Å². The molecule has 0 atom stereocenters. The highest BCUT2D eigenvalue weighted by molar-refractivity contribution is 5.67. The summed E-state index contributed by atoms with van der Waals surface area (Å²) in [6, 6.07) is 3.18. The predicted molar refractivity (Wildman–Crippen MR) is 51.3 cm³/mol. The lowest BCUT2D eigenvalue weighted by molar-refractivity contribution is 0.350. The van der Waals surface area contributed by atoms with Crippen LogP contribution in [0.3, 0.4) is 0 Å². The van der Waals surface area contributed by atoms with Gasteiger partial charge in [0.15, 0.2) is 11.5 Å². The van der Waals surface area contributed by atoms with Crippen molar-refractivity contribution in [3.05, 3.63) is 24.3 Å². The van der Waals surface area contributed by atoms with Crippen molar-refractivity contribution in [2.24, 2.45) is 0 Å². The number of methoxy groups -OCH3 is 2. The van der Waals surface area contributed by atoms with Crippen LogP contribution in [0.25, 0.3) is 6.08 Å². The van der Waals surface area contributed by atoms with Gasteiger partial charge < -0.3 is 14.6 Å². The molecule has 1 N–H and O–H groups in total. The highest BCUT2D eigenvalue weighted by Crippen LogP contribution is 2.37. The van der Waals surface area contributed by atoms with Crippen LogP contribution in [0.2, 0.25) is 0 Å². The van der Waals surface area contributed by atoms with Gasteiger partial charge in [0.2, 0.25) is 0 Å². The first-order chi connectivity index (χ1) is 6.24. The molecule has 3 heteroatoms. The summed E-state index contributed by atoms with van der Waals surface area (Å²) in [4.78, 5) is 0. The summed E-state index contributed by atoms with van der Waals surface area (Å²) in [6.07, 6.45) is 1.52. The molecule has 0 aromatic heterocycles. The molecular formula is C10H12O3. The van der Waals surface area contributed by atoms with E-state index in [2.05, 4.69) is 6.58 Å². The van der Waals surface area contributed by atoms with Gasteiger partial charge in [0.1, 0.15) is 5.75 Å². The fourth-order valence-electron chi connectivity index (χ4n) is 1.14. The Morgan fingerprint density at radius 1 is 1.31 bits per heavy atom. The van der Waals surface area contributed by atoms with Gasteiger partial charge in [-0.15, -0.1) is 0 Å². The second-order valence-corrected chi connectivity index (χ2v) is 2.44. The average molecular weight is 180 g/mol. The molecule has 0 saturated heterocycles. The lowest BCUT2D eigenvalue weighted by Crippen LogP contribution is -1.92. The molecule has 70 valence electrons. The number of phenolic OH excluding ortho intramolecular Hbond substituents is 1. The van der Waals surface area contributed by atoms with Gasteiger partial charge in [-0.1, -0.05) is 12.7 Å². The van der Waals surface area contributed by atoms with Gasteiger partial charge in [-0.3, -0.25) is 0 Å². The highest BCUT2D eigenvalue weighted by Gasteiger charge is 2.10. The summed E-state index contributed by atoms with van der Waals surface area (Å²) in [5.74, 6) is 1.21. The molecule has 0 fully saturated rings. The van der Waals surface area contributed by atoms with Crippen molar-refractivity contribution in [3.63, 3.8) is 0 Å². The smallest absolute Gasteiger partial charge is 0.171 e. The molecule has 0 spiro atoms. The molecule has 0 bridgehead atoms. The zero-order valence-electron chi connectivity index (χ0n) is 7.70. The van der Waals surface area contributed by atoms with Gasteiger partial charge in [-0.05, 0) is 12.1 Å². The average Bonchev–Trinajstić information content (AvgIpc) is 2.17. The fraction of sp³-hybridized carbons (Fsp3) is 0.200. The second kappa shape index (κ2) is 3.85. The first-order valence-electron chi connectivity index (χ1n) is 3.81. The molecule has 1 rings (SSSR count). The Hall–Kier alpha value is -1.64. The minimum absolute atomic E-state index is 0.132. The third kappa shape index (κ3) is 1.59. The summed E-state index contributed by atoms with van der Waals surface area (Å²) in [5, 5.41) is 9.44. The lowest BCUT2D eigenvalue weighted by Gasteiger charge is -2.11. The van der Waals surface area contributed by atoms with E-state index in [1.165, 1.54) is 13.2 Å². The number of benzene rings is 1. The number of rotatable bonds is 3.